The van der Waals surface area contributed by atoms with Crippen molar-refractivity contribution in [2.24, 2.45) is 11.3 Å². The average molecular weight is 630 g/mol. The van der Waals surface area contributed by atoms with E-state index >= 15 is 4.39 Å². The van der Waals surface area contributed by atoms with Gasteiger partial charge in [-0.15, -0.1) is 6.58 Å². The molecule has 9 heteroatoms. The van der Waals surface area contributed by atoms with E-state index in [0.717, 1.165) is 34.5 Å². The number of amides is 1. The number of allylic oxidation sites excluding steroid dienone is 1. The van der Waals surface area contributed by atoms with Gasteiger partial charge in [-0.25, -0.2) is 12.8 Å². The van der Waals surface area contributed by atoms with Crippen LogP contribution in [0.5, 0.6) is 0 Å². The Labute approximate surface area is 258 Å². The Hall–Kier alpha value is -2.87. The van der Waals surface area contributed by atoms with E-state index in [-0.39, 0.29) is 30.0 Å². The van der Waals surface area contributed by atoms with Crippen LogP contribution in [-0.4, -0.2) is 38.1 Å². The summed E-state index contributed by atoms with van der Waals surface area (Å²) in [5, 5.41) is 1.17. The Kier molecular flexibility index (Phi) is 8.75. The monoisotopic (exact) mass is 628 g/mol. The lowest BCUT2D eigenvalue weighted by atomic mass is 9.67. The van der Waals surface area contributed by atoms with Crippen LogP contribution >= 0.6 is 23.2 Å². The molecule has 1 aliphatic carbocycles. The van der Waals surface area contributed by atoms with Crippen LogP contribution in [0.25, 0.3) is 0 Å². The van der Waals surface area contributed by atoms with E-state index in [2.05, 4.69) is 6.58 Å². The van der Waals surface area contributed by atoms with Gasteiger partial charge in [-0.2, -0.15) is 0 Å². The van der Waals surface area contributed by atoms with E-state index < -0.39 is 33.3 Å². The Bertz CT molecular complexity index is 1580. The van der Waals surface area contributed by atoms with Gasteiger partial charge < -0.3 is 4.90 Å². The summed E-state index contributed by atoms with van der Waals surface area (Å²) >= 11 is 12.8. The zero-order valence-electron chi connectivity index (χ0n) is 23.7. The molecule has 5 nitrogen and oxygen atoms in total. The Morgan fingerprint density at radius 1 is 1.05 bits per heavy atom. The van der Waals surface area contributed by atoms with Crippen LogP contribution < -0.4 is 4.31 Å². The first-order valence-corrected chi connectivity index (χ1v) is 16.7. The maximum absolute atomic E-state index is 15.1. The summed E-state index contributed by atoms with van der Waals surface area (Å²) in [6.07, 6.45) is 5.53. The first-order chi connectivity index (χ1) is 19.9. The SMILES string of the molecule is C=CC[C@@]1(C)CC(c2cccc(Cl)c2)[C@@H](c2ccc(Cl)cc2)N([C@H](CN(c2ccccc2F)S(C)(=O)=O)C2CC2)C1=O. The molecule has 0 bridgehead atoms. The largest absolute Gasteiger partial charge is 0.329 e. The number of rotatable bonds is 10. The van der Waals surface area contributed by atoms with Gasteiger partial charge >= 0.3 is 0 Å². The summed E-state index contributed by atoms with van der Waals surface area (Å²) in [6, 6.07) is 20.1. The molecule has 222 valence electrons. The van der Waals surface area contributed by atoms with Gasteiger partial charge in [0, 0.05) is 16.0 Å². The second-order valence-electron chi connectivity index (χ2n) is 11.8. The van der Waals surface area contributed by atoms with Crippen molar-refractivity contribution in [1.82, 2.24) is 4.90 Å². The normalized spacial score (nSPS) is 23.5. The molecule has 0 radical (unpaired) electrons. The predicted molar refractivity (Wildman–Crippen MR) is 168 cm³/mol. The zero-order chi connectivity index (χ0) is 30.2. The van der Waals surface area contributed by atoms with E-state index in [9.17, 15) is 13.2 Å². The van der Waals surface area contributed by atoms with Gasteiger partial charge in [0.2, 0.25) is 15.9 Å². The standard InChI is InChI=1S/C33H35Cl2FN2O3S/c1-4-18-33(2)20-27(24-8-7-9-26(35)19-24)31(23-14-16-25(34)17-15-23)38(32(33)39)30(22-12-13-22)21-37(42(3,40)41)29-11-6-5-10-28(29)36/h4-11,14-17,19,22,27,30-31H,1,12-13,18,20-21H2,2-3H3/t27?,30-,31-,33+/m1/s1. The third-order valence-corrected chi connectivity index (χ3v) is 10.2. The second-order valence-corrected chi connectivity index (χ2v) is 14.6. The van der Waals surface area contributed by atoms with Gasteiger partial charge in [0.15, 0.2) is 0 Å². The molecule has 1 amide bonds. The summed E-state index contributed by atoms with van der Waals surface area (Å²) in [4.78, 5) is 16.6. The lowest BCUT2D eigenvalue weighted by Gasteiger charge is -2.52. The maximum atomic E-state index is 15.1. The molecule has 0 aromatic heterocycles. The number of halogens is 3. The number of anilines is 1. The third kappa shape index (κ3) is 6.24. The van der Waals surface area contributed by atoms with Gasteiger partial charge in [-0.05, 0) is 79.1 Å². The molecule has 2 fully saturated rings. The molecule has 3 aromatic rings. The number of nitrogens with zero attached hydrogens (tertiary/aromatic N) is 2. The molecular weight excluding hydrogens is 594 g/mol. The number of para-hydroxylation sites is 1. The van der Waals surface area contributed by atoms with E-state index in [1.165, 1.54) is 18.2 Å². The lowest BCUT2D eigenvalue weighted by Crippen LogP contribution is -2.59. The second kappa shape index (κ2) is 12.0. The summed E-state index contributed by atoms with van der Waals surface area (Å²) in [5.41, 5.74) is 1.05. The smallest absolute Gasteiger partial charge is 0.232 e. The molecule has 1 saturated heterocycles. The number of piperidine rings is 1. The third-order valence-electron chi connectivity index (χ3n) is 8.58. The van der Waals surface area contributed by atoms with Crippen molar-refractivity contribution < 1.29 is 17.6 Å². The number of hydrogen-bond acceptors (Lipinski definition) is 3. The van der Waals surface area contributed by atoms with Crippen LogP contribution in [0.4, 0.5) is 10.1 Å². The minimum absolute atomic E-state index is 0.0293. The van der Waals surface area contributed by atoms with E-state index in [4.69, 9.17) is 23.2 Å². The topological polar surface area (TPSA) is 57.7 Å². The molecular formula is C33H35Cl2FN2O3S. The summed E-state index contributed by atoms with van der Waals surface area (Å²) < 4.78 is 42.5. The van der Waals surface area contributed by atoms with Crippen molar-refractivity contribution >= 4 is 44.8 Å². The highest BCUT2D eigenvalue weighted by Gasteiger charge is 2.54. The highest BCUT2D eigenvalue weighted by atomic mass is 35.5. The molecule has 2 aliphatic rings. The highest BCUT2D eigenvalue weighted by Crippen LogP contribution is 2.54. The first kappa shape index (κ1) is 30.6. The maximum Gasteiger partial charge on any atom is 0.232 e. The molecule has 3 aromatic carbocycles. The van der Waals surface area contributed by atoms with Crippen molar-refractivity contribution in [3.63, 3.8) is 0 Å². The predicted octanol–water partition coefficient (Wildman–Crippen LogP) is 8.02. The van der Waals surface area contributed by atoms with Crippen molar-refractivity contribution in [3.8, 4) is 0 Å². The number of likely N-dealkylation sites (tertiary alicyclic amines) is 1. The van der Waals surface area contributed by atoms with Crippen molar-refractivity contribution in [2.45, 2.75) is 50.6 Å². The molecule has 1 heterocycles. The number of benzene rings is 3. The minimum atomic E-state index is -3.89. The Morgan fingerprint density at radius 2 is 1.74 bits per heavy atom. The molecule has 0 N–H and O–H groups in total. The molecule has 5 rings (SSSR count). The van der Waals surface area contributed by atoms with Gasteiger partial charge in [-0.3, -0.25) is 9.10 Å². The quantitative estimate of drug-likeness (QED) is 0.214. The molecule has 42 heavy (non-hydrogen) atoms. The Morgan fingerprint density at radius 3 is 2.33 bits per heavy atom. The number of carbonyl (C=O) groups is 1. The van der Waals surface area contributed by atoms with Crippen LogP contribution in [0.15, 0.2) is 85.5 Å². The zero-order valence-corrected chi connectivity index (χ0v) is 26.0. The fourth-order valence-electron chi connectivity index (χ4n) is 6.43. The molecule has 1 saturated carbocycles. The molecule has 1 unspecified atom stereocenters. The number of sulfonamides is 1. The minimum Gasteiger partial charge on any atom is -0.329 e. The van der Waals surface area contributed by atoms with Gasteiger partial charge in [0.1, 0.15) is 5.82 Å². The number of hydrogen-bond donors (Lipinski definition) is 0. The summed E-state index contributed by atoms with van der Waals surface area (Å²) in [5.74, 6) is -0.802. The van der Waals surface area contributed by atoms with E-state index in [0.29, 0.717) is 22.9 Å². The van der Waals surface area contributed by atoms with Gasteiger partial charge in [-0.1, -0.05) is 72.6 Å². The molecule has 1 aliphatic heterocycles. The van der Waals surface area contributed by atoms with Crippen molar-refractivity contribution in [1.29, 1.82) is 0 Å². The van der Waals surface area contributed by atoms with Crippen LogP contribution in [-0.2, 0) is 14.8 Å². The van der Waals surface area contributed by atoms with E-state index in [1.54, 1.807) is 24.3 Å². The van der Waals surface area contributed by atoms with Crippen LogP contribution in [0.1, 0.15) is 55.7 Å². The number of carbonyl (C=O) groups excluding carboxylic acids is 1. The van der Waals surface area contributed by atoms with Gasteiger partial charge in [0.05, 0.1) is 36.0 Å². The summed E-state index contributed by atoms with van der Waals surface area (Å²) in [7, 11) is -3.89. The molecule has 4 atom stereocenters. The lowest BCUT2D eigenvalue weighted by molar-refractivity contribution is -0.154. The fourth-order valence-corrected chi connectivity index (χ4v) is 7.69. The van der Waals surface area contributed by atoms with Crippen LogP contribution in [0.2, 0.25) is 10.0 Å². The Balaban J connectivity index is 1.70. The summed E-state index contributed by atoms with van der Waals surface area (Å²) in [6.45, 7) is 5.84. The molecule has 0 spiro atoms. The van der Waals surface area contributed by atoms with E-state index in [1.807, 2.05) is 48.2 Å². The van der Waals surface area contributed by atoms with Crippen molar-refractivity contribution in [2.75, 3.05) is 17.1 Å². The van der Waals surface area contributed by atoms with Gasteiger partial charge in [0.25, 0.3) is 0 Å². The van der Waals surface area contributed by atoms with Crippen LogP contribution in [0.3, 0.4) is 0 Å². The van der Waals surface area contributed by atoms with Crippen molar-refractivity contribution in [3.05, 3.63) is 112 Å². The average Bonchev–Trinajstić information content (AvgIpc) is 3.77. The fraction of sp³-hybridized carbons (Fsp3) is 0.364. The highest BCUT2D eigenvalue weighted by molar-refractivity contribution is 7.92. The van der Waals surface area contributed by atoms with Crippen LogP contribution in [0, 0.1) is 17.2 Å². The first-order valence-electron chi connectivity index (χ1n) is 14.1.